The van der Waals surface area contributed by atoms with Crippen molar-refractivity contribution in [2.75, 3.05) is 7.05 Å². The van der Waals surface area contributed by atoms with Gasteiger partial charge >= 0.3 is 0 Å². The molecule has 2 heterocycles. The van der Waals surface area contributed by atoms with Gasteiger partial charge in [0.05, 0.1) is 17.2 Å². The highest BCUT2D eigenvalue weighted by Crippen LogP contribution is 2.29. The van der Waals surface area contributed by atoms with Crippen molar-refractivity contribution in [1.82, 2.24) is 15.3 Å². The molecule has 0 aliphatic carbocycles. The number of nitrogens with one attached hydrogen (secondary N) is 1. The summed E-state index contributed by atoms with van der Waals surface area (Å²) in [5, 5.41) is 4.44. The smallest absolute Gasteiger partial charge is 0.116 e. The highest BCUT2D eigenvalue weighted by molar-refractivity contribution is 7.12. The number of hydrogen-bond donors (Lipinski definition) is 1. The number of aryl methyl sites for hydroxylation is 2. The Balaban J connectivity index is 2.34. The van der Waals surface area contributed by atoms with Crippen LogP contribution in [-0.2, 0) is 6.42 Å². The van der Waals surface area contributed by atoms with Gasteiger partial charge in [0.2, 0.25) is 0 Å². The molecular weight excluding hydrogens is 238 g/mol. The van der Waals surface area contributed by atoms with E-state index in [4.69, 9.17) is 4.98 Å². The molecule has 0 saturated carbocycles. The molecule has 0 fully saturated rings. The third-order valence-corrected chi connectivity index (χ3v) is 4.43. The summed E-state index contributed by atoms with van der Waals surface area (Å²) in [6, 6.07) is 0.191. The molecule has 1 unspecified atom stereocenters. The van der Waals surface area contributed by atoms with Crippen LogP contribution in [0.4, 0.5) is 0 Å². The molecular formula is C11H15N3S2. The Kier molecular flexibility index (Phi) is 3.68. The maximum Gasteiger partial charge on any atom is 0.116 e. The predicted molar refractivity (Wildman–Crippen MR) is 69.2 cm³/mol. The SMILES string of the molecule is CCc1nc(C(NC)c2cncs2)sc1C. The van der Waals surface area contributed by atoms with E-state index in [9.17, 15) is 0 Å². The fourth-order valence-electron chi connectivity index (χ4n) is 1.66. The van der Waals surface area contributed by atoms with Crippen LogP contribution in [0.15, 0.2) is 11.7 Å². The average Bonchev–Trinajstić information content (AvgIpc) is 2.89. The van der Waals surface area contributed by atoms with Crippen LogP contribution in [0.2, 0.25) is 0 Å². The van der Waals surface area contributed by atoms with Gasteiger partial charge < -0.3 is 5.32 Å². The van der Waals surface area contributed by atoms with E-state index in [-0.39, 0.29) is 6.04 Å². The number of aromatic nitrogens is 2. The average molecular weight is 253 g/mol. The monoisotopic (exact) mass is 253 g/mol. The Labute approximate surface area is 104 Å². The van der Waals surface area contributed by atoms with Crippen molar-refractivity contribution >= 4 is 22.7 Å². The summed E-state index contributed by atoms with van der Waals surface area (Å²) in [7, 11) is 1.97. The van der Waals surface area contributed by atoms with Crippen molar-refractivity contribution < 1.29 is 0 Å². The molecule has 2 aromatic rings. The Hall–Kier alpha value is -0.780. The maximum absolute atomic E-state index is 4.69. The van der Waals surface area contributed by atoms with E-state index in [1.54, 1.807) is 22.7 Å². The summed E-state index contributed by atoms with van der Waals surface area (Å²) >= 11 is 3.44. The summed E-state index contributed by atoms with van der Waals surface area (Å²) in [5.41, 5.74) is 3.07. The number of nitrogens with zero attached hydrogens (tertiary/aromatic N) is 2. The zero-order valence-electron chi connectivity index (χ0n) is 9.65. The van der Waals surface area contributed by atoms with Crippen molar-refractivity contribution in [3.63, 3.8) is 0 Å². The minimum atomic E-state index is 0.191. The first-order valence-corrected chi connectivity index (χ1v) is 6.97. The van der Waals surface area contributed by atoms with Crippen molar-refractivity contribution in [3.05, 3.63) is 32.2 Å². The van der Waals surface area contributed by atoms with E-state index in [0.29, 0.717) is 0 Å². The van der Waals surface area contributed by atoms with Gasteiger partial charge in [0, 0.05) is 16.0 Å². The molecule has 2 aromatic heterocycles. The first-order valence-electron chi connectivity index (χ1n) is 5.28. The molecule has 0 bridgehead atoms. The van der Waals surface area contributed by atoms with Gasteiger partial charge in [-0.05, 0) is 20.4 Å². The van der Waals surface area contributed by atoms with Gasteiger partial charge in [-0.2, -0.15) is 0 Å². The fourth-order valence-corrected chi connectivity index (χ4v) is 3.60. The van der Waals surface area contributed by atoms with Gasteiger partial charge in [-0.25, -0.2) is 4.98 Å². The Morgan fingerprint density at radius 1 is 1.50 bits per heavy atom. The van der Waals surface area contributed by atoms with E-state index in [0.717, 1.165) is 11.4 Å². The molecule has 5 heteroatoms. The molecule has 1 N–H and O–H groups in total. The van der Waals surface area contributed by atoms with Crippen LogP contribution in [0.25, 0.3) is 0 Å². The van der Waals surface area contributed by atoms with Crippen molar-refractivity contribution in [2.45, 2.75) is 26.3 Å². The fraction of sp³-hybridized carbons (Fsp3) is 0.455. The van der Waals surface area contributed by atoms with Gasteiger partial charge in [0.25, 0.3) is 0 Å². The quantitative estimate of drug-likeness (QED) is 0.910. The van der Waals surface area contributed by atoms with Gasteiger partial charge in [-0.15, -0.1) is 22.7 Å². The number of hydrogen-bond acceptors (Lipinski definition) is 5. The summed E-state index contributed by atoms with van der Waals surface area (Å²) in [5.74, 6) is 0. The van der Waals surface area contributed by atoms with E-state index in [1.165, 1.54) is 15.4 Å². The summed E-state index contributed by atoms with van der Waals surface area (Å²) in [6.45, 7) is 4.28. The molecule has 0 aliphatic rings. The van der Waals surface area contributed by atoms with Crippen LogP contribution in [0, 0.1) is 6.92 Å². The summed E-state index contributed by atoms with van der Waals surface area (Å²) in [6.07, 6.45) is 2.91. The molecule has 0 amide bonds. The molecule has 0 aliphatic heterocycles. The normalized spacial score (nSPS) is 12.9. The molecule has 2 rings (SSSR count). The van der Waals surface area contributed by atoms with E-state index >= 15 is 0 Å². The third-order valence-electron chi connectivity index (χ3n) is 2.52. The van der Waals surface area contributed by atoms with E-state index in [2.05, 4.69) is 24.1 Å². The first-order chi connectivity index (χ1) is 7.76. The second-order valence-corrected chi connectivity index (χ2v) is 5.69. The Morgan fingerprint density at radius 3 is 2.81 bits per heavy atom. The molecule has 0 aromatic carbocycles. The van der Waals surface area contributed by atoms with Crippen LogP contribution in [0.3, 0.4) is 0 Å². The van der Waals surface area contributed by atoms with E-state index in [1.807, 2.05) is 18.8 Å². The van der Waals surface area contributed by atoms with Crippen molar-refractivity contribution in [2.24, 2.45) is 0 Å². The minimum Gasteiger partial charge on any atom is -0.307 e. The lowest BCUT2D eigenvalue weighted by Gasteiger charge is -2.09. The summed E-state index contributed by atoms with van der Waals surface area (Å²) in [4.78, 5) is 11.4. The molecule has 3 nitrogen and oxygen atoms in total. The predicted octanol–water partition coefficient (Wildman–Crippen LogP) is 2.78. The standard InChI is InChI=1S/C11H15N3S2/c1-4-8-7(2)16-11(14-8)10(12-3)9-5-13-6-15-9/h5-6,10,12H,4H2,1-3H3. The highest BCUT2D eigenvalue weighted by Gasteiger charge is 2.18. The van der Waals surface area contributed by atoms with Crippen LogP contribution in [0.5, 0.6) is 0 Å². The minimum absolute atomic E-state index is 0.191. The molecule has 0 spiro atoms. The molecule has 0 radical (unpaired) electrons. The van der Waals surface area contributed by atoms with Crippen molar-refractivity contribution in [3.8, 4) is 0 Å². The third kappa shape index (κ3) is 2.16. The summed E-state index contributed by atoms with van der Waals surface area (Å²) < 4.78 is 0. The highest BCUT2D eigenvalue weighted by atomic mass is 32.1. The van der Waals surface area contributed by atoms with Gasteiger partial charge in [-0.1, -0.05) is 6.92 Å². The number of thiazole rings is 2. The molecule has 0 saturated heterocycles. The van der Waals surface area contributed by atoms with E-state index < -0.39 is 0 Å². The molecule has 16 heavy (non-hydrogen) atoms. The maximum atomic E-state index is 4.69. The van der Waals surface area contributed by atoms with Crippen LogP contribution in [-0.4, -0.2) is 17.0 Å². The topological polar surface area (TPSA) is 37.8 Å². The zero-order valence-corrected chi connectivity index (χ0v) is 11.3. The second-order valence-electron chi connectivity index (χ2n) is 3.53. The Morgan fingerprint density at radius 2 is 2.31 bits per heavy atom. The van der Waals surface area contributed by atoms with Crippen LogP contribution < -0.4 is 5.32 Å². The second kappa shape index (κ2) is 5.03. The largest absolute Gasteiger partial charge is 0.307 e. The van der Waals surface area contributed by atoms with Crippen LogP contribution in [0.1, 0.15) is 33.4 Å². The number of rotatable bonds is 4. The Bertz CT molecular complexity index is 448. The van der Waals surface area contributed by atoms with Crippen LogP contribution >= 0.6 is 22.7 Å². The first kappa shape index (κ1) is 11.7. The lowest BCUT2D eigenvalue weighted by molar-refractivity contribution is 0.693. The van der Waals surface area contributed by atoms with Crippen molar-refractivity contribution in [1.29, 1.82) is 0 Å². The lowest BCUT2D eigenvalue weighted by Crippen LogP contribution is -2.16. The zero-order chi connectivity index (χ0) is 11.5. The van der Waals surface area contributed by atoms with Gasteiger partial charge in [-0.3, -0.25) is 4.98 Å². The van der Waals surface area contributed by atoms with Gasteiger partial charge in [0.15, 0.2) is 0 Å². The van der Waals surface area contributed by atoms with Gasteiger partial charge in [0.1, 0.15) is 5.01 Å². The molecule has 86 valence electrons. The lowest BCUT2D eigenvalue weighted by atomic mass is 10.2. The molecule has 1 atom stereocenters.